The minimum atomic E-state index is -0.0919. The molecule has 0 bridgehead atoms. The molecule has 1 N–H and O–H groups in total. The lowest BCUT2D eigenvalue weighted by Crippen LogP contribution is -2.39. The highest BCUT2D eigenvalue weighted by Gasteiger charge is 2.24. The summed E-state index contributed by atoms with van der Waals surface area (Å²) in [6, 6.07) is 3.97. The second kappa shape index (κ2) is 5.66. The summed E-state index contributed by atoms with van der Waals surface area (Å²) in [4.78, 5) is 14.1. The van der Waals surface area contributed by atoms with Crippen LogP contribution in [0.25, 0.3) is 0 Å². The van der Waals surface area contributed by atoms with Gasteiger partial charge >= 0.3 is 6.03 Å². The molecule has 0 spiro atoms. The number of urea groups is 1. The third-order valence-electron chi connectivity index (χ3n) is 3.40. The number of hydrogen-bond donors (Lipinski definition) is 1. The van der Waals surface area contributed by atoms with E-state index in [-0.39, 0.29) is 12.1 Å². The zero-order chi connectivity index (χ0) is 14.0. The van der Waals surface area contributed by atoms with E-state index in [1.807, 2.05) is 37.0 Å². The van der Waals surface area contributed by atoms with E-state index in [1.54, 1.807) is 0 Å². The molecule has 0 aromatic heterocycles. The monoisotopic (exact) mass is 278 g/mol. The van der Waals surface area contributed by atoms with Gasteiger partial charge in [0.05, 0.1) is 16.8 Å². The maximum absolute atomic E-state index is 12.3. The second-order valence-corrected chi connectivity index (χ2v) is 5.33. The minimum Gasteiger partial charge on any atom is -0.314 e. The maximum Gasteiger partial charge on any atom is 0.322 e. The van der Waals surface area contributed by atoms with Crippen LogP contribution in [0.1, 0.15) is 24.5 Å². The quantitative estimate of drug-likeness (QED) is 0.810. The van der Waals surface area contributed by atoms with E-state index in [0.717, 1.165) is 17.5 Å². The van der Waals surface area contributed by atoms with Crippen LogP contribution in [0.5, 0.6) is 0 Å². The Bertz CT molecular complexity index is 502. The number of anilines is 1. The number of amides is 2. The Labute approximate surface area is 119 Å². The van der Waals surface area contributed by atoms with Gasteiger partial charge in [-0.25, -0.2) is 4.79 Å². The largest absolute Gasteiger partial charge is 0.322 e. The van der Waals surface area contributed by atoms with E-state index in [9.17, 15) is 4.79 Å². The van der Waals surface area contributed by atoms with Crippen LogP contribution in [0.15, 0.2) is 24.3 Å². The first-order valence-electron chi connectivity index (χ1n) is 6.54. The van der Waals surface area contributed by atoms with Crippen molar-refractivity contribution < 1.29 is 4.79 Å². The van der Waals surface area contributed by atoms with Gasteiger partial charge in [-0.15, -0.1) is 0 Å². The van der Waals surface area contributed by atoms with Crippen LogP contribution in [0.3, 0.4) is 0 Å². The van der Waals surface area contributed by atoms with Crippen molar-refractivity contribution in [3.8, 4) is 0 Å². The van der Waals surface area contributed by atoms with Gasteiger partial charge in [-0.1, -0.05) is 36.7 Å². The predicted octanol–water partition coefficient (Wildman–Crippen LogP) is 4.14. The number of benzene rings is 1. The number of nitrogens with one attached hydrogen (secondary N) is 1. The van der Waals surface area contributed by atoms with Gasteiger partial charge in [0.1, 0.15) is 0 Å². The first-order valence-corrected chi connectivity index (χ1v) is 6.91. The molecule has 1 aliphatic rings. The third-order valence-corrected chi connectivity index (χ3v) is 3.70. The summed E-state index contributed by atoms with van der Waals surface area (Å²) in [5.74, 6) is 0. The van der Waals surface area contributed by atoms with Crippen molar-refractivity contribution in [2.45, 2.75) is 33.2 Å². The molecule has 0 unspecified atom stereocenters. The van der Waals surface area contributed by atoms with Gasteiger partial charge in [0.2, 0.25) is 0 Å². The number of hydrogen-bond acceptors (Lipinski definition) is 1. The highest BCUT2D eigenvalue weighted by Crippen LogP contribution is 2.28. The van der Waals surface area contributed by atoms with E-state index >= 15 is 0 Å². The number of rotatable bonds is 2. The number of nitrogens with zero attached hydrogens (tertiary/aromatic N) is 1. The molecule has 1 aliphatic heterocycles. The predicted molar refractivity (Wildman–Crippen MR) is 79.9 cm³/mol. The molecule has 1 atom stereocenters. The molecule has 2 rings (SSSR count). The van der Waals surface area contributed by atoms with Gasteiger partial charge in [-0.3, -0.25) is 0 Å². The topological polar surface area (TPSA) is 32.3 Å². The van der Waals surface area contributed by atoms with Crippen molar-refractivity contribution in [3.05, 3.63) is 40.4 Å². The summed E-state index contributed by atoms with van der Waals surface area (Å²) in [6.07, 6.45) is 5.02. The average molecular weight is 279 g/mol. The SMILES string of the molecule is CC[C@H]1C=CCN1C(=O)Nc1c(C)cc(C)cc1Cl. The Morgan fingerprint density at radius 1 is 1.47 bits per heavy atom. The standard InChI is InChI=1S/C15H19ClN2O/c1-4-12-6-5-7-18(12)15(19)17-14-11(3)8-10(2)9-13(14)16/h5-6,8-9,12H,4,7H2,1-3H3,(H,17,19)/t12-/m0/s1. The van der Waals surface area contributed by atoms with E-state index in [4.69, 9.17) is 11.6 Å². The summed E-state index contributed by atoms with van der Waals surface area (Å²) < 4.78 is 0. The van der Waals surface area contributed by atoms with Crippen LogP contribution in [0.2, 0.25) is 5.02 Å². The number of carbonyl (C=O) groups excluding carboxylic acids is 1. The fourth-order valence-corrected chi connectivity index (χ4v) is 2.78. The van der Waals surface area contributed by atoms with E-state index in [0.29, 0.717) is 17.3 Å². The van der Waals surface area contributed by atoms with E-state index in [2.05, 4.69) is 18.3 Å². The molecule has 1 aromatic rings. The molecule has 0 aliphatic carbocycles. The van der Waals surface area contributed by atoms with Crippen LogP contribution in [-0.4, -0.2) is 23.5 Å². The first-order chi connectivity index (χ1) is 9.02. The molecule has 4 heteroatoms. The van der Waals surface area contributed by atoms with Crippen LogP contribution in [0.4, 0.5) is 10.5 Å². The fraction of sp³-hybridized carbons (Fsp3) is 0.400. The van der Waals surface area contributed by atoms with Gasteiger partial charge in [0.25, 0.3) is 0 Å². The van der Waals surface area contributed by atoms with Crippen molar-refractivity contribution in [1.82, 2.24) is 4.90 Å². The molecule has 102 valence electrons. The molecule has 0 radical (unpaired) electrons. The Hall–Kier alpha value is -1.48. The summed E-state index contributed by atoms with van der Waals surface area (Å²) in [6.45, 7) is 6.67. The van der Waals surface area contributed by atoms with E-state index in [1.165, 1.54) is 0 Å². The molecule has 3 nitrogen and oxygen atoms in total. The van der Waals surface area contributed by atoms with Crippen molar-refractivity contribution in [2.75, 3.05) is 11.9 Å². The molecule has 1 heterocycles. The number of halogens is 1. The lowest BCUT2D eigenvalue weighted by atomic mass is 10.1. The molecule has 0 saturated carbocycles. The maximum atomic E-state index is 12.3. The molecular formula is C15H19ClN2O. The van der Waals surface area contributed by atoms with Gasteiger partial charge in [-0.05, 0) is 37.5 Å². The van der Waals surface area contributed by atoms with Gasteiger partial charge in [0.15, 0.2) is 0 Å². The second-order valence-electron chi connectivity index (χ2n) is 4.92. The van der Waals surface area contributed by atoms with Gasteiger partial charge in [0, 0.05) is 6.54 Å². The Kier molecular flexibility index (Phi) is 4.15. The molecule has 0 fully saturated rings. The van der Waals surface area contributed by atoms with Crippen LogP contribution in [0, 0.1) is 13.8 Å². The third kappa shape index (κ3) is 2.92. The van der Waals surface area contributed by atoms with Gasteiger partial charge < -0.3 is 10.2 Å². The highest BCUT2D eigenvalue weighted by atomic mass is 35.5. The Balaban J connectivity index is 2.16. The zero-order valence-corrected chi connectivity index (χ0v) is 12.3. The molecule has 0 saturated heterocycles. The Morgan fingerprint density at radius 2 is 2.21 bits per heavy atom. The smallest absolute Gasteiger partial charge is 0.314 e. The molecule has 19 heavy (non-hydrogen) atoms. The molecular weight excluding hydrogens is 260 g/mol. The zero-order valence-electron chi connectivity index (χ0n) is 11.5. The summed E-state index contributed by atoms with van der Waals surface area (Å²) in [7, 11) is 0. The minimum absolute atomic E-state index is 0.0919. The van der Waals surface area contributed by atoms with Crippen molar-refractivity contribution in [1.29, 1.82) is 0 Å². The highest BCUT2D eigenvalue weighted by molar-refractivity contribution is 6.34. The number of aryl methyl sites for hydroxylation is 2. The fourth-order valence-electron chi connectivity index (χ4n) is 2.41. The molecule has 1 aromatic carbocycles. The normalized spacial score (nSPS) is 17.9. The summed E-state index contributed by atoms with van der Waals surface area (Å²) in [5, 5.41) is 3.52. The van der Waals surface area contributed by atoms with E-state index < -0.39 is 0 Å². The lowest BCUT2D eigenvalue weighted by molar-refractivity contribution is 0.209. The average Bonchev–Trinajstić information content (AvgIpc) is 2.81. The van der Waals surface area contributed by atoms with Crippen LogP contribution in [-0.2, 0) is 0 Å². The lowest BCUT2D eigenvalue weighted by Gasteiger charge is -2.24. The van der Waals surface area contributed by atoms with Gasteiger partial charge in [-0.2, -0.15) is 0 Å². The van der Waals surface area contributed by atoms with Crippen molar-refractivity contribution >= 4 is 23.3 Å². The first kappa shape index (κ1) is 13.9. The molecule has 2 amide bonds. The summed E-state index contributed by atoms with van der Waals surface area (Å²) in [5.41, 5.74) is 2.78. The summed E-state index contributed by atoms with van der Waals surface area (Å²) >= 11 is 6.21. The van der Waals surface area contributed by atoms with Crippen molar-refractivity contribution in [2.24, 2.45) is 0 Å². The van der Waals surface area contributed by atoms with Crippen LogP contribution < -0.4 is 5.32 Å². The number of carbonyl (C=O) groups is 1. The van der Waals surface area contributed by atoms with Crippen LogP contribution >= 0.6 is 11.6 Å². The van der Waals surface area contributed by atoms with Crippen molar-refractivity contribution in [3.63, 3.8) is 0 Å². The Morgan fingerprint density at radius 3 is 2.84 bits per heavy atom.